The Labute approximate surface area is 112 Å². The van der Waals surface area contributed by atoms with Crippen LogP contribution < -0.4 is 4.74 Å². The Kier molecular flexibility index (Phi) is 4.49. The van der Waals surface area contributed by atoms with E-state index in [0.717, 1.165) is 31.2 Å². The highest BCUT2D eigenvalue weighted by molar-refractivity contribution is 6.32. The number of hydrogen-bond donors (Lipinski definition) is 2. The maximum absolute atomic E-state index is 10.3. The van der Waals surface area contributed by atoms with Crippen LogP contribution in [-0.2, 0) is 6.61 Å². The molecular formula is C14H19ClO3. The molecular weight excluding hydrogens is 252 g/mol. The first-order valence-corrected chi connectivity index (χ1v) is 6.75. The van der Waals surface area contributed by atoms with Crippen molar-refractivity contribution in [1.82, 2.24) is 0 Å². The zero-order valence-electron chi connectivity index (χ0n) is 10.4. The van der Waals surface area contributed by atoms with E-state index >= 15 is 0 Å². The van der Waals surface area contributed by atoms with Crippen molar-refractivity contribution in [3.8, 4) is 5.75 Å². The van der Waals surface area contributed by atoms with E-state index in [1.807, 2.05) is 0 Å². The van der Waals surface area contributed by atoms with E-state index in [0.29, 0.717) is 10.8 Å². The lowest BCUT2D eigenvalue weighted by molar-refractivity contribution is -0.0338. The van der Waals surface area contributed by atoms with Gasteiger partial charge < -0.3 is 14.9 Å². The van der Waals surface area contributed by atoms with Gasteiger partial charge in [0.05, 0.1) is 17.2 Å². The van der Waals surface area contributed by atoms with Gasteiger partial charge in [-0.05, 0) is 30.5 Å². The molecule has 1 aromatic rings. The van der Waals surface area contributed by atoms with Crippen LogP contribution in [0.3, 0.4) is 0 Å². The van der Waals surface area contributed by atoms with Gasteiger partial charge in [0.2, 0.25) is 0 Å². The number of ether oxygens (including phenoxy) is 1. The predicted octanol–water partition coefficient (Wildman–Crippen LogP) is 2.91. The second-order valence-electron chi connectivity index (χ2n) is 5.00. The molecule has 0 aliphatic heterocycles. The SMILES string of the molecule is OCc1ccc(OCC2(O)CCCCC2)c(Cl)c1. The van der Waals surface area contributed by atoms with Crippen LogP contribution in [0.5, 0.6) is 5.75 Å². The summed E-state index contributed by atoms with van der Waals surface area (Å²) < 4.78 is 5.62. The third-order valence-corrected chi connectivity index (χ3v) is 3.75. The molecule has 1 saturated carbocycles. The largest absolute Gasteiger partial charge is 0.489 e. The molecule has 1 aliphatic rings. The average Bonchev–Trinajstić information content (AvgIpc) is 2.38. The standard InChI is InChI=1S/C14H19ClO3/c15-12-8-11(9-16)4-5-13(12)18-10-14(17)6-2-1-3-7-14/h4-5,8,16-17H,1-3,6-7,9-10H2. The van der Waals surface area contributed by atoms with Gasteiger partial charge >= 0.3 is 0 Å². The summed E-state index contributed by atoms with van der Waals surface area (Å²) in [6.45, 7) is 0.245. The number of aliphatic hydroxyl groups excluding tert-OH is 1. The first kappa shape index (κ1) is 13.7. The molecule has 0 heterocycles. The van der Waals surface area contributed by atoms with Gasteiger partial charge in [-0.15, -0.1) is 0 Å². The van der Waals surface area contributed by atoms with E-state index in [-0.39, 0.29) is 13.2 Å². The highest BCUT2D eigenvalue weighted by Gasteiger charge is 2.30. The quantitative estimate of drug-likeness (QED) is 0.884. The lowest BCUT2D eigenvalue weighted by Gasteiger charge is -2.31. The molecule has 0 atom stereocenters. The van der Waals surface area contributed by atoms with Crippen LogP contribution in [0.2, 0.25) is 5.02 Å². The van der Waals surface area contributed by atoms with Crippen molar-refractivity contribution in [3.63, 3.8) is 0 Å². The summed E-state index contributed by atoms with van der Waals surface area (Å²) in [5.74, 6) is 0.563. The summed E-state index contributed by atoms with van der Waals surface area (Å²) in [7, 11) is 0. The van der Waals surface area contributed by atoms with E-state index in [1.54, 1.807) is 18.2 Å². The zero-order valence-corrected chi connectivity index (χ0v) is 11.1. The van der Waals surface area contributed by atoms with Crippen LogP contribution in [0, 0.1) is 0 Å². The van der Waals surface area contributed by atoms with E-state index in [2.05, 4.69) is 0 Å². The number of aliphatic hydroxyl groups is 2. The third kappa shape index (κ3) is 3.37. The monoisotopic (exact) mass is 270 g/mol. The maximum Gasteiger partial charge on any atom is 0.138 e. The van der Waals surface area contributed by atoms with Crippen molar-refractivity contribution in [3.05, 3.63) is 28.8 Å². The summed E-state index contributed by atoms with van der Waals surface area (Å²) in [5, 5.41) is 19.8. The third-order valence-electron chi connectivity index (χ3n) is 3.46. The molecule has 0 bridgehead atoms. The normalized spacial score (nSPS) is 18.6. The van der Waals surface area contributed by atoms with Crippen LogP contribution in [0.1, 0.15) is 37.7 Å². The van der Waals surface area contributed by atoms with Gasteiger partial charge in [0, 0.05) is 0 Å². The molecule has 1 fully saturated rings. The summed E-state index contributed by atoms with van der Waals surface area (Å²) in [4.78, 5) is 0. The number of hydrogen-bond acceptors (Lipinski definition) is 3. The Balaban J connectivity index is 1.97. The fraction of sp³-hybridized carbons (Fsp3) is 0.571. The lowest BCUT2D eigenvalue weighted by Crippen LogP contribution is -2.37. The summed E-state index contributed by atoms with van der Waals surface area (Å²) in [6, 6.07) is 5.19. The van der Waals surface area contributed by atoms with Gasteiger partial charge in [-0.1, -0.05) is 36.9 Å². The summed E-state index contributed by atoms with van der Waals surface area (Å²) in [5.41, 5.74) is 0.0424. The highest BCUT2D eigenvalue weighted by Crippen LogP contribution is 2.31. The number of halogens is 1. The van der Waals surface area contributed by atoms with Crippen molar-refractivity contribution in [2.45, 2.75) is 44.3 Å². The van der Waals surface area contributed by atoms with Crippen LogP contribution >= 0.6 is 11.6 Å². The molecule has 0 saturated heterocycles. The average molecular weight is 271 g/mol. The molecule has 0 radical (unpaired) electrons. The van der Waals surface area contributed by atoms with Crippen molar-refractivity contribution in [1.29, 1.82) is 0 Å². The van der Waals surface area contributed by atoms with Crippen molar-refractivity contribution in [2.75, 3.05) is 6.61 Å². The highest BCUT2D eigenvalue weighted by atomic mass is 35.5. The molecule has 100 valence electrons. The Hall–Kier alpha value is -0.770. The molecule has 0 unspecified atom stereocenters. The topological polar surface area (TPSA) is 49.7 Å². The van der Waals surface area contributed by atoms with Gasteiger partial charge in [-0.25, -0.2) is 0 Å². The second-order valence-corrected chi connectivity index (χ2v) is 5.40. The fourth-order valence-corrected chi connectivity index (χ4v) is 2.58. The Morgan fingerprint density at radius 3 is 2.56 bits per heavy atom. The van der Waals surface area contributed by atoms with Crippen LogP contribution in [0.25, 0.3) is 0 Å². The molecule has 18 heavy (non-hydrogen) atoms. The van der Waals surface area contributed by atoms with Crippen LogP contribution in [0.15, 0.2) is 18.2 Å². The van der Waals surface area contributed by atoms with E-state index < -0.39 is 5.60 Å². The molecule has 0 amide bonds. The van der Waals surface area contributed by atoms with Crippen molar-refractivity contribution >= 4 is 11.6 Å². The predicted molar refractivity (Wildman–Crippen MR) is 70.9 cm³/mol. The smallest absolute Gasteiger partial charge is 0.138 e. The van der Waals surface area contributed by atoms with Crippen LogP contribution in [-0.4, -0.2) is 22.4 Å². The Bertz CT molecular complexity index is 400. The summed E-state index contributed by atoms with van der Waals surface area (Å²) >= 11 is 6.05. The first-order valence-electron chi connectivity index (χ1n) is 6.37. The summed E-state index contributed by atoms with van der Waals surface area (Å²) in [6.07, 6.45) is 4.88. The minimum atomic E-state index is -0.711. The maximum atomic E-state index is 10.3. The molecule has 1 aliphatic carbocycles. The molecule has 2 rings (SSSR count). The van der Waals surface area contributed by atoms with E-state index in [4.69, 9.17) is 21.4 Å². The minimum Gasteiger partial charge on any atom is -0.489 e. The Morgan fingerprint density at radius 1 is 1.22 bits per heavy atom. The number of benzene rings is 1. The van der Waals surface area contributed by atoms with Crippen molar-refractivity contribution in [2.24, 2.45) is 0 Å². The minimum absolute atomic E-state index is 0.0378. The molecule has 2 N–H and O–H groups in total. The molecule has 0 spiro atoms. The first-order chi connectivity index (χ1) is 8.63. The van der Waals surface area contributed by atoms with Gasteiger partial charge in [-0.2, -0.15) is 0 Å². The fourth-order valence-electron chi connectivity index (χ4n) is 2.33. The molecule has 3 nitrogen and oxygen atoms in total. The molecule has 4 heteroatoms. The molecule has 1 aromatic carbocycles. The molecule has 0 aromatic heterocycles. The van der Waals surface area contributed by atoms with Gasteiger partial charge in [-0.3, -0.25) is 0 Å². The van der Waals surface area contributed by atoms with Gasteiger partial charge in [0.25, 0.3) is 0 Å². The Morgan fingerprint density at radius 2 is 1.94 bits per heavy atom. The van der Waals surface area contributed by atoms with Crippen molar-refractivity contribution < 1.29 is 14.9 Å². The lowest BCUT2D eigenvalue weighted by atomic mass is 9.85. The van der Waals surface area contributed by atoms with E-state index in [9.17, 15) is 5.11 Å². The van der Waals surface area contributed by atoms with Crippen LogP contribution in [0.4, 0.5) is 0 Å². The zero-order chi connectivity index (χ0) is 13.0. The van der Waals surface area contributed by atoms with E-state index in [1.165, 1.54) is 6.42 Å². The van der Waals surface area contributed by atoms with Gasteiger partial charge in [0.1, 0.15) is 12.4 Å². The number of rotatable bonds is 4. The van der Waals surface area contributed by atoms with Gasteiger partial charge in [0.15, 0.2) is 0 Å². The second kappa shape index (κ2) is 5.91.